The number of para-hydroxylation sites is 1. The highest BCUT2D eigenvalue weighted by Gasteiger charge is 2.35. The van der Waals surface area contributed by atoms with Gasteiger partial charge in [-0.05, 0) is 118 Å². The summed E-state index contributed by atoms with van der Waals surface area (Å²) in [6, 6.07) is 26.3. The number of nitrogens with zero attached hydrogens (tertiary/aromatic N) is 3. The molecular weight excluding hydrogens is 759 g/mol. The Balaban J connectivity index is 0.950. The van der Waals surface area contributed by atoms with Crippen LogP contribution in [0.5, 0.6) is 23.0 Å². The maximum Gasteiger partial charge on any atom is 0.314 e. The number of ether oxygens (including phenoxy) is 4. The first kappa shape index (κ1) is 40.7. The van der Waals surface area contributed by atoms with Crippen molar-refractivity contribution in [2.75, 3.05) is 0 Å². The Morgan fingerprint density at radius 2 is 0.917 bits per heavy atom. The molecule has 0 spiro atoms. The first-order valence-electron chi connectivity index (χ1n) is 21.4. The van der Waals surface area contributed by atoms with Crippen molar-refractivity contribution in [1.82, 2.24) is 14.5 Å². The quantitative estimate of drug-likeness (QED) is 0.0868. The topological polar surface area (TPSA) is 136 Å². The van der Waals surface area contributed by atoms with E-state index in [-0.39, 0.29) is 35.3 Å². The lowest BCUT2D eigenvalue weighted by molar-refractivity contribution is -0.145. The molecule has 0 aliphatic heterocycles. The summed E-state index contributed by atoms with van der Waals surface area (Å²) in [6.45, 7) is 4.25. The van der Waals surface area contributed by atoms with Gasteiger partial charge in [0.15, 0.2) is 17.1 Å². The van der Waals surface area contributed by atoms with E-state index in [0.717, 1.165) is 36.6 Å². The van der Waals surface area contributed by atoms with E-state index in [1.165, 1.54) is 11.1 Å². The maximum absolute atomic E-state index is 13.7. The van der Waals surface area contributed by atoms with E-state index in [1.54, 1.807) is 12.1 Å². The van der Waals surface area contributed by atoms with Crippen molar-refractivity contribution in [2.45, 2.75) is 90.9 Å². The van der Waals surface area contributed by atoms with Crippen LogP contribution in [-0.4, -0.2) is 38.4 Å². The third-order valence-corrected chi connectivity index (χ3v) is 12.1. The molecule has 0 amide bonds. The summed E-state index contributed by atoms with van der Waals surface area (Å²) in [4.78, 5) is 63.5. The summed E-state index contributed by atoms with van der Waals surface area (Å²) in [5.74, 6) is -1.36. The molecule has 0 unspecified atom stereocenters. The SMILES string of the molecule is CCCc1ccc(OC(=O)C2CCC(C(=O)Oc3ccc(OC(=O)C4CCC(C(=O)Oc5ccc(CCC)cc5)CC4)c4nc5c(nc34)c3ccccc3n5C)CC2)cc1. The number of benzene rings is 4. The van der Waals surface area contributed by atoms with Gasteiger partial charge in [-0.3, -0.25) is 19.2 Å². The standard InChI is InChI=1S/C49H51N3O8/c1-4-8-30-12-24-36(25-13-30)57-46(53)32-16-20-34(21-17-32)48(55)59-40-28-29-41(44-43(40)50-42-38-10-6-7-11-39(38)52(3)45(42)51-44)60-49(56)35-22-18-33(19-23-35)47(54)58-37-26-14-31(9-5-2)15-27-37/h6-7,10-15,24-29,32-35H,4-5,8-9,16-23H2,1-3H3. The van der Waals surface area contributed by atoms with Crippen molar-refractivity contribution < 1.29 is 38.1 Å². The zero-order valence-electron chi connectivity index (χ0n) is 34.5. The van der Waals surface area contributed by atoms with E-state index in [1.807, 2.05) is 84.4 Å². The van der Waals surface area contributed by atoms with Crippen molar-refractivity contribution in [3.05, 3.63) is 96.1 Å². The molecular formula is C49H51N3O8. The molecule has 11 nitrogen and oxygen atoms in total. The molecule has 2 saturated carbocycles. The molecule has 2 aliphatic carbocycles. The number of aromatic nitrogens is 3. The average Bonchev–Trinajstić information content (AvgIpc) is 3.55. The second-order valence-corrected chi connectivity index (χ2v) is 16.3. The van der Waals surface area contributed by atoms with E-state index in [2.05, 4.69) is 13.8 Å². The molecule has 2 heterocycles. The first-order valence-corrected chi connectivity index (χ1v) is 21.4. The maximum atomic E-state index is 13.7. The highest BCUT2D eigenvalue weighted by molar-refractivity contribution is 6.07. The van der Waals surface area contributed by atoms with Crippen LogP contribution in [0.15, 0.2) is 84.9 Å². The van der Waals surface area contributed by atoms with Crippen LogP contribution in [0.3, 0.4) is 0 Å². The van der Waals surface area contributed by atoms with E-state index >= 15 is 0 Å². The number of hydrogen-bond acceptors (Lipinski definition) is 10. The second kappa shape index (κ2) is 18.0. The van der Waals surface area contributed by atoms with Crippen molar-refractivity contribution in [1.29, 1.82) is 0 Å². The Labute approximate surface area is 349 Å². The second-order valence-electron chi connectivity index (χ2n) is 16.3. The molecule has 60 heavy (non-hydrogen) atoms. The van der Waals surface area contributed by atoms with Crippen LogP contribution in [0.2, 0.25) is 0 Å². The van der Waals surface area contributed by atoms with Gasteiger partial charge in [0.25, 0.3) is 0 Å². The minimum absolute atomic E-state index is 0.210. The molecule has 8 rings (SSSR count). The summed E-state index contributed by atoms with van der Waals surface area (Å²) < 4.78 is 25.5. The molecule has 2 fully saturated rings. The zero-order valence-corrected chi connectivity index (χ0v) is 34.5. The number of carbonyl (C=O) groups excluding carboxylic acids is 4. The summed E-state index contributed by atoms with van der Waals surface area (Å²) in [5.41, 5.74) is 5.14. The van der Waals surface area contributed by atoms with Crippen LogP contribution in [0, 0.1) is 23.7 Å². The Kier molecular flexibility index (Phi) is 12.2. The van der Waals surface area contributed by atoms with Crippen molar-refractivity contribution in [2.24, 2.45) is 30.7 Å². The van der Waals surface area contributed by atoms with Gasteiger partial charge >= 0.3 is 23.9 Å². The fraction of sp³-hybridized carbons (Fsp3) is 0.388. The Hall–Kier alpha value is -6.10. The molecule has 0 saturated heterocycles. The van der Waals surface area contributed by atoms with Crippen LogP contribution in [-0.2, 0) is 39.1 Å². The minimum Gasteiger partial charge on any atom is -0.426 e. The molecule has 6 aromatic rings. The summed E-state index contributed by atoms with van der Waals surface area (Å²) in [7, 11) is 1.90. The smallest absolute Gasteiger partial charge is 0.314 e. The fourth-order valence-corrected chi connectivity index (χ4v) is 8.68. The number of carbonyl (C=O) groups is 4. The molecule has 0 bridgehead atoms. The van der Waals surface area contributed by atoms with Gasteiger partial charge in [-0.1, -0.05) is 69.2 Å². The minimum atomic E-state index is -0.415. The monoisotopic (exact) mass is 809 g/mol. The van der Waals surface area contributed by atoms with Crippen molar-refractivity contribution >= 4 is 57.0 Å². The van der Waals surface area contributed by atoms with Gasteiger partial charge in [0.1, 0.15) is 28.0 Å². The van der Waals surface area contributed by atoms with Crippen LogP contribution >= 0.6 is 0 Å². The number of hydrogen-bond donors (Lipinski definition) is 0. The lowest BCUT2D eigenvalue weighted by Gasteiger charge is -2.26. The highest BCUT2D eigenvalue weighted by atomic mass is 16.5. The third-order valence-electron chi connectivity index (χ3n) is 12.1. The molecule has 2 aromatic heterocycles. The van der Waals surface area contributed by atoms with Crippen LogP contribution in [0.1, 0.15) is 89.2 Å². The fourth-order valence-electron chi connectivity index (χ4n) is 8.68. The molecule has 11 heteroatoms. The van der Waals surface area contributed by atoms with Gasteiger partial charge in [0.05, 0.1) is 29.2 Å². The van der Waals surface area contributed by atoms with Gasteiger partial charge in [0, 0.05) is 12.4 Å². The van der Waals surface area contributed by atoms with Crippen LogP contribution in [0.4, 0.5) is 0 Å². The summed E-state index contributed by atoms with van der Waals surface area (Å²) in [6.07, 6.45) is 7.99. The predicted octanol–water partition coefficient (Wildman–Crippen LogP) is 9.81. The van der Waals surface area contributed by atoms with Gasteiger partial charge in [-0.25, -0.2) is 9.97 Å². The molecule has 4 aromatic carbocycles. The third kappa shape index (κ3) is 8.76. The van der Waals surface area contributed by atoms with Gasteiger partial charge in [0.2, 0.25) is 0 Å². The summed E-state index contributed by atoms with van der Waals surface area (Å²) in [5, 5.41) is 0.884. The van der Waals surface area contributed by atoms with E-state index in [9.17, 15) is 19.2 Å². The lowest BCUT2D eigenvalue weighted by Crippen LogP contribution is -2.30. The number of rotatable bonds is 12. The molecule has 0 radical (unpaired) electrons. The first-order chi connectivity index (χ1) is 29.2. The molecule has 2 aliphatic rings. The summed E-state index contributed by atoms with van der Waals surface area (Å²) >= 11 is 0. The largest absolute Gasteiger partial charge is 0.426 e. The number of esters is 4. The Morgan fingerprint density at radius 1 is 0.517 bits per heavy atom. The van der Waals surface area contributed by atoms with Crippen molar-refractivity contribution in [3.8, 4) is 23.0 Å². The Bertz CT molecular complexity index is 2530. The van der Waals surface area contributed by atoms with E-state index in [4.69, 9.17) is 28.9 Å². The highest BCUT2D eigenvalue weighted by Crippen LogP contribution is 2.38. The Morgan fingerprint density at radius 3 is 1.35 bits per heavy atom. The number of aryl methyl sites for hydroxylation is 3. The van der Waals surface area contributed by atoms with E-state index in [0.29, 0.717) is 85.1 Å². The van der Waals surface area contributed by atoms with Crippen molar-refractivity contribution in [3.63, 3.8) is 0 Å². The van der Waals surface area contributed by atoms with E-state index < -0.39 is 23.8 Å². The van der Waals surface area contributed by atoms with Gasteiger partial charge in [-0.2, -0.15) is 0 Å². The number of fused-ring (bicyclic) bond motifs is 4. The molecule has 0 N–H and O–H groups in total. The average molecular weight is 810 g/mol. The normalized spacial score (nSPS) is 19.2. The van der Waals surface area contributed by atoms with Gasteiger partial charge in [-0.15, -0.1) is 0 Å². The van der Waals surface area contributed by atoms with Gasteiger partial charge < -0.3 is 23.5 Å². The molecule has 310 valence electrons. The zero-order chi connectivity index (χ0) is 41.8. The molecule has 0 atom stereocenters. The van der Waals surface area contributed by atoms with Crippen LogP contribution in [0.25, 0.3) is 33.1 Å². The lowest BCUT2D eigenvalue weighted by atomic mass is 9.82. The predicted molar refractivity (Wildman–Crippen MR) is 228 cm³/mol. The van der Waals surface area contributed by atoms with Crippen LogP contribution < -0.4 is 18.9 Å².